The van der Waals surface area contributed by atoms with Crippen molar-refractivity contribution in [2.24, 2.45) is 0 Å². The predicted molar refractivity (Wildman–Crippen MR) is 192 cm³/mol. The van der Waals surface area contributed by atoms with Gasteiger partial charge in [0, 0.05) is 0 Å². The van der Waals surface area contributed by atoms with Crippen molar-refractivity contribution in [3.8, 4) is 0 Å². The molecule has 6 aromatic carbocycles. The van der Waals surface area contributed by atoms with Crippen molar-refractivity contribution < 1.29 is 25.9 Å². The monoisotopic (exact) mass is 706 g/mol. The summed E-state index contributed by atoms with van der Waals surface area (Å²) in [5.41, 5.74) is 0. The Morgan fingerprint density at radius 2 is 0.574 bits per heavy atom. The molecule has 0 bridgehead atoms. The SMILES string of the molecule is O=S(=O)([O-])c1cccc(P(c2ccccc2)c2ccccc2)c1.O=S(=O)([O-])c1cccc(P(c2ccccc2)c2ccccc2)c1.[Mg+2]. The van der Waals surface area contributed by atoms with E-state index in [0.29, 0.717) is 0 Å². The topological polar surface area (TPSA) is 114 Å². The molecule has 0 aromatic heterocycles. The molecule has 0 fully saturated rings. The molecule has 0 unspecified atom stereocenters. The Morgan fingerprint density at radius 3 is 0.809 bits per heavy atom. The Labute approximate surface area is 294 Å². The van der Waals surface area contributed by atoms with E-state index in [1.165, 1.54) is 24.3 Å². The quantitative estimate of drug-likeness (QED) is 0.132. The second-order valence-corrected chi connectivity index (χ2v) is 17.1. The predicted octanol–water partition coefficient (Wildman–Crippen LogP) is 4.32. The molecule has 0 heterocycles. The first-order valence-electron chi connectivity index (χ1n) is 14.0. The molecule has 6 nitrogen and oxygen atoms in total. The Hall–Kier alpha value is -3.23. The van der Waals surface area contributed by atoms with E-state index in [4.69, 9.17) is 0 Å². The molecule has 0 N–H and O–H groups in total. The average Bonchev–Trinajstić information content (AvgIpc) is 3.07. The van der Waals surface area contributed by atoms with E-state index in [-0.39, 0.29) is 32.8 Å². The van der Waals surface area contributed by atoms with Crippen LogP contribution in [-0.4, -0.2) is 49.0 Å². The molecule has 0 aliphatic carbocycles. The Kier molecular flexibility index (Phi) is 13.0. The third-order valence-corrected chi connectivity index (χ3v) is 13.3. The maximum atomic E-state index is 11.3. The van der Waals surface area contributed by atoms with Gasteiger partial charge in [-0.3, -0.25) is 0 Å². The van der Waals surface area contributed by atoms with E-state index in [2.05, 4.69) is 0 Å². The Bertz CT molecular complexity index is 1870. The van der Waals surface area contributed by atoms with E-state index < -0.39 is 36.1 Å². The van der Waals surface area contributed by atoms with Gasteiger partial charge in [0.15, 0.2) is 0 Å². The molecule has 11 heteroatoms. The molecular weight excluding hydrogens is 679 g/mol. The summed E-state index contributed by atoms with van der Waals surface area (Å²) in [5, 5.41) is 6.11. The van der Waals surface area contributed by atoms with Crippen molar-refractivity contribution >= 4 is 91.0 Å². The summed E-state index contributed by atoms with van der Waals surface area (Å²) >= 11 is 0. The summed E-state index contributed by atoms with van der Waals surface area (Å²) in [6, 6.07) is 52.3. The molecule has 0 aliphatic heterocycles. The van der Waals surface area contributed by atoms with Crippen LogP contribution in [0, 0.1) is 0 Å². The molecule has 0 atom stereocenters. The fourth-order valence-electron chi connectivity index (χ4n) is 4.76. The summed E-state index contributed by atoms with van der Waals surface area (Å²) in [6.45, 7) is 0. The summed E-state index contributed by atoms with van der Waals surface area (Å²) < 4.78 is 68.0. The van der Waals surface area contributed by atoms with Crippen LogP contribution in [-0.2, 0) is 20.2 Å². The van der Waals surface area contributed by atoms with Crippen LogP contribution in [0.15, 0.2) is 180 Å². The Morgan fingerprint density at radius 1 is 0.340 bits per heavy atom. The molecule has 0 aliphatic rings. The van der Waals surface area contributed by atoms with Crippen LogP contribution >= 0.6 is 15.8 Å². The first-order valence-corrected chi connectivity index (χ1v) is 19.5. The minimum atomic E-state index is -4.46. The zero-order chi connectivity index (χ0) is 32.6. The maximum absolute atomic E-state index is 11.3. The number of benzene rings is 6. The van der Waals surface area contributed by atoms with Gasteiger partial charge in [-0.1, -0.05) is 146 Å². The van der Waals surface area contributed by atoms with Gasteiger partial charge in [0.1, 0.15) is 20.2 Å². The molecule has 0 saturated heterocycles. The molecular formula is C36H28MgO6P2S2. The normalized spacial score (nSPS) is 11.3. The zero-order valence-corrected chi connectivity index (χ0v) is 29.9. The third kappa shape index (κ3) is 9.89. The fraction of sp³-hybridized carbons (Fsp3) is 0. The van der Waals surface area contributed by atoms with Crippen molar-refractivity contribution in [2.75, 3.05) is 0 Å². The maximum Gasteiger partial charge on any atom is 2.00 e. The van der Waals surface area contributed by atoms with E-state index in [0.717, 1.165) is 31.8 Å². The second kappa shape index (κ2) is 16.7. The van der Waals surface area contributed by atoms with Crippen LogP contribution in [0.4, 0.5) is 0 Å². The van der Waals surface area contributed by atoms with Gasteiger partial charge in [-0.25, -0.2) is 16.8 Å². The summed E-state index contributed by atoms with van der Waals surface area (Å²) in [5.74, 6) is 0. The average molecular weight is 707 g/mol. The molecule has 232 valence electrons. The van der Waals surface area contributed by atoms with Gasteiger partial charge in [-0.05, 0) is 71.9 Å². The van der Waals surface area contributed by atoms with Crippen molar-refractivity contribution in [3.63, 3.8) is 0 Å². The first-order chi connectivity index (χ1) is 22.1. The smallest absolute Gasteiger partial charge is 0.744 e. The van der Waals surface area contributed by atoms with Crippen molar-refractivity contribution in [3.05, 3.63) is 170 Å². The molecule has 0 spiro atoms. The van der Waals surface area contributed by atoms with Crippen LogP contribution in [0.1, 0.15) is 0 Å². The number of rotatable bonds is 8. The van der Waals surface area contributed by atoms with E-state index >= 15 is 0 Å². The molecule has 47 heavy (non-hydrogen) atoms. The van der Waals surface area contributed by atoms with Crippen LogP contribution in [0.2, 0.25) is 0 Å². The fourth-order valence-corrected chi connectivity index (χ4v) is 10.6. The van der Waals surface area contributed by atoms with E-state index in [1.807, 2.05) is 133 Å². The first kappa shape index (κ1) is 36.6. The van der Waals surface area contributed by atoms with Crippen molar-refractivity contribution in [2.45, 2.75) is 9.79 Å². The molecule has 0 saturated carbocycles. The van der Waals surface area contributed by atoms with E-state index in [9.17, 15) is 25.9 Å². The van der Waals surface area contributed by atoms with Gasteiger partial charge >= 0.3 is 23.1 Å². The van der Waals surface area contributed by atoms with Gasteiger partial charge in [0.2, 0.25) is 0 Å². The van der Waals surface area contributed by atoms with Gasteiger partial charge in [-0.2, -0.15) is 0 Å². The summed E-state index contributed by atoms with van der Waals surface area (Å²) in [6.07, 6.45) is 0. The zero-order valence-electron chi connectivity index (χ0n) is 25.0. The van der Waals surface area contributed by atoms with Crippen molar-refractivity contribution in [1.82, 2.24) is 0 Å². The van der Waals surface area contributed by atoms with Gasteiger partial charge < -0.3 is 9.11 Å². The van der Waals surface area contributed by atoms with E-state index in [1.54, 1.807) is 12.1 Å². The molecule has 6 aromatic rings. The van der Waals surface area contributed by atoms with Crippen molar-refractivity contribution in [1.29, 1.82) is 0 Å². The van der Waals surface area contributed by atoms with Crippen LogP contribution in [0.25, 0.3) is 0 Å². The molecule has 6 rings (SSSR count). The second-order valence-electron chi connectivity index (χ2n) is 9.92. The Balaban J connectivity index is 0.000000208. The summed E-state index contributed by atoms with van der Waals surface area (Å²) in [7, 11) is -10.8. The largest absolute Gasteiger partial charge is 2.00 e. The number of hydrogen-bond donors (Lipinski definition) is 0. The summed E-state index contributed by atoms with van der Waals surface area (Å²) in [4.78, 5) is -0.372. The molecule has 0 amide bonds. The molecule has 0 radical (unpaired) electrons. The minimum absolute atomic E-state index is 0. The number of hydrogen-bond acceptors (Lipinski definition) is 6. The van der Waals surface area contributed by atoms with Crippen LogP contribution < -0.4 is 31.8 Å². The minimum Gasteiger partial charge on any atom is -0.744 e. The van der Waals surface area contributed by atoms with Gasteiger partial charge in [0.25, 0.3) is 0 Å². The van der Waals surface area contributed by atoms with Gasteiger partial charge in [0.05, 0.1) is 9.79 Å². The van der Waals surface area contributed by atoms with Gasteiger partial charge in [-0.15, -0.1) is 0 Å². The van der Waals surface area contributed by atoms with Crippen LogP contribution in [0.5, 0.6) is 0 Å². The van der Waals surface area contributed by atoms with Crippen LogP contribution in [0.3, 0.4) is 0 Å². The standard InChI is InChI=1S/2C18H15O3PS.Mg/c2*19-23(20,21)18-13-7-12-17(14-18)22(15-8-3-1-4-9-15)16-10-5-2-6-11-16;/h2*1-14H,(H,19,20,21);/q;;+2/p-2. The third-order valence-electron chi connectivity index (χ3n) is 6.79.